The van der Waals surface area contributed by atoms with Crippen LogP contribution in [0.15, 0.2) is 210 Å². The molecular formula is C84H78N14O10. The van der Waals surface area contributed by atoms with Gasteiger partial charge in [-0.2, -0.15) is 20.4 Å². The summed E-state index contributed by atoms with van der Waals surface area (Å²) in [6.07, 6.45) is 30.7. The monoisotopic (exact) mass is 1440 g/mol. The van der Waals surface area contributed by atoms with E-state index in [9.17, 15) is 19.2 Å². The molecule has 108 heavy (non-hydrogen) atoms. The summed E-state index contributed by atoms with van der Waals surface area (Å²) in [6, 6.07) is 31.1. The summed E-state index contributed by atoms with van der Waals surface area (Å²) in [5, 5.41) is 23.7. The van der Waals surface area contributed by atoms with E-state index in [1.807, 2.05) is 169 Å². The van der Waals surface area contributed by atoms with Gasteiger partial charge in [0.25, 0.3) is 0 Å². The molecular weight excluding hydrogens is 1370 g/mol. The Balaban J connectivity index is 0.000000105. The Hall–Kier alpha value is -12.6. The Bertz CT molecular complexity index is 4970. The Kier molecular flexibility index (Phi) is 18.6. The van der Waals surface area contributed by atoms with E-state index >= 15 is 0 Å². The van der Waals surface area contributed by atoms with Crippen LogP contribution in [0.3, 0.4) is 0 Å². The molecule has 0 radical (unpaired) electrons. The predicted octanol–water partition coefficient (Wildman–Crippen LogP) is 12.4. The van der Waals surface area contributed by atoms with Gasteiger partial charge in [0.05, 0.1) is 135 Å². The molecule has 4 aliphatic carbocycles. The molecule has 24 heteroatoms. The fraction of sp³-hybridized carbons (Fsp3) is 0.286. The summed E-state index contributed by atoms with van der Waals surface area (Å²) in [4.78, 5) is 69.4. The molecule has 0 fully saturated rings. The number of carbonyl (C=O) groups is 4. The van der Waals surface area contributed by atoms with E-state index in [1.165, 1.54) is 33.6 Å². The Morgan fingerprint density at radius 3 is 1.10 bits per heavy atom. The third kappa shape index (κ3) is 14.1. The highest BCUT2D eigenvalue weighted by molar-refractivity contribution is 6.17. The van der Waals surface area contributed by atoms with Crippen LogP contribution in [0.2, 0.25) is 0 Å². The van der Waals surface area contributed by atoms with Crippen molar-refractivity contribution in [3.63, 3.8) is 0 Å². The number of esters is 2. The van der Waals surface area contributed by atoms with Crippen LogP contribution in [-0.2, 0) is 125 Å². The fourth-order valence-corrected chi connectivity index (χ4v) is 15.9. The normalized spacial score (nSPS) is 18.0. The number of aryl methyl sites for hydroxylation is 6. The molecule has 12 heterocycles. The maximum atomic E-state index is 12.8. The lowest BCUT2D eigenvalue weighted by atomic mass is 9.87. The van der Waals surface area contributed by atoms with Crippen molar-refractivity contribution in [1.82, 2.24) is 39.1 Å². The first-order valence-corrected chi connectivity index (χ1v) is 36.6. The van der Waals surface area contributed by atoms with Gasteiger partial charge in [-0.05, 0) is 194 Å². The highest BCUT2D eigenvalue weighted by atomic mass is 16.5. The summed E-state index contributed by atoms with van der Waals surface area (Å²) in [5.74, 6) is 0.632. The lowest BCUT2D eigenvalue weighted by Gasteiger charge is -2.22. The summed E-state index contributed by atoms with van der Waals surface area (Å²) in [7, 11) is 7.75. The maximum absolute atomic E-state index is 12.8. The summed E-state index contributed by atoms with van der Waals surface area (Å²) in [5.41, 5.74) is 27.1. The van der Waals surface area contributed by atoms with Gasteiger partial charge in [-0.1, -0.05) is 24.3 Å². The second kappa shape index (κ2) is 29.4. The summed E-state index contributed by atoms with van der Waals surface area (Å²) in [6.45, 7) is 2.60. The summed E-state index contributed by atoms with van der Waals surface area (Å²) >= 11 is 0. The molecule has 12 aromatic rings. The minimum absolute atomic E-state index is 0.0167. The van der Waals surface area contributed by atoms with Crippen molar-refractivity contribution in [2.45, 2.75) is 103 Å². The largest absolute Gasteiger partial charge is 0.472 e. The van der Waals surface area contributed by atoms with Gasteiger partial charge < -0.3 is 37.8 Å². The molecule has 4 aliphatic heterocycles. The highest BCUT2D eigenvalue weighted by Gasteiger charge is 2.34. The number of rotatable bonds is 12. The van der Waals surface area contributed by atoms with Gasteiger partial charge in [0.1, 0.15) is 11.5 Å². The second-order valence-corrected chi connectivity index (χ2v) is 28.7. The van der Waals surface area contributed by atoms with Crippen LogP contribution in [0.25, 0.3) is 0 Å². The van der Waals surface area contributed by atoms with E-state index in [0.29, 0.717) is 50.5 Å². The van der Waals surface area contributed by atoms with Gasteiger partial charge >= 0.3 is 11.9 Å². The molecule has 0 saturated carbocycles. The van der Waals surface area contributed by atoms with Crippen molar-refractivity contribution in [3.8, 4) is 11.5 Å². The van der Waals surface area contributed by atoms with Crippen molar-refractivity contribution in [2.24, 2.45) is 71.8 Å². The number of ether oxygens (including phenoxy) is 2. The minimum Gasteiger partial charge on any atom is -0.472 e. The quantitative estimate of drug-likeness (QED) is 0.0850. The standard InChI is InChI=1S/2C21H20N4O2.2C21H19N3O3/c2*1-25-19-5-3-13(8-16(19)11-23-25)21(26)24-17-4-2-14-10-22-20(18(14)9-17)15-6-7-27-12-15;2*1-24-11-16-8-13(3-5-19(16)23-24)21(25)27-17-4-2-14-10-22-20(18(14)9-17)15-6-7-26-12-15/h2*2,4,6-7,9,11-13H,3,5,8,10H2,1H3,(H,24,26);2*2,4,6-7,9,11-13H,3,5,8,10H2,1H3/t4*13-/m1010/s1. The first kappa shape index (κ1) is 68.5. The average Bonchev–Trinajstić information content (AvgIpc) is 1.65. The number of aliphatic imine (C=N–C) groups is 4. The average molecular weight is 1440 g/mol. The molecule has 544 valence electrons. The molecule has 4 atom stereocenters. The predicted molar refractivity (Wildman–Crippen MR) is 401 cm³/mol. The third-order valence-electron chi connectivity index (χ3n) is 21.7. The van der Waals surface area contributed by atoms with E-state index in [2.05, 4.69) is 51.0 Å². The number of carbonyl (C=O) groups excluding carboxylic acids is 4. The molecule has 0 spiro atoms. The zero-order valence-electron chi connectivity index (χ0n) is 60.2. The smallest absolute Gasteiger partial charge is 0.314 e. The van der Waals surface area contributed by atoms with Crippen molar-refractivity contribution < 1.29 is 46.3 Å². The molecule has 0 unspecified atom stereocenters. The van der Waals surface area contributed by atoms with Crippen LogP contribution in [0.5, 0.6) is 11.5 Å². The Morgan fingerprint density at radius 1 is 0.398 bits per heavy atom. The lowest BCUT2D eigenvalue weighted by Crippen LogP contribution is -2.28. The topological polar surface area (TPSA) is 284 Å². The van der Waals surface area contributed by atoms with E-state index in [4.69, 9.17) is 27.1 Å². The van der Waals surface area contributed by atoms with Crippen molar-refractivity contribution in [1.29, 1.82) is 0 Å². The molecule has 8 aliphatic rings. The molecule has 2 N–H and O–H groups in total. The number of fused-ring (bicyclic) bond motifs is 8. The zero-order valence-corrected chi connectivity index (χ0v) is 60.2. The number of nitrogens with one attached hydrogen (secondary N) is 2. The fourth-order valence-electron chi connectivity index (χ4n) is 15.9. The van der Waals surface area contributed by atoms with Crippen LogP contribution < -0.4 is 20.1 Å². The van der Waals surface area contributed by atoms with Crippen molar-refractivity contribution in [2.75, 3.05) is 10.6 Å². The number of aromatic nitrogens is 8. The molecule has 20 rings (SSSR count). The van der Waals surface area contributed by atoms with E-state index in [1.54, 1.807) is 50.1 Å². The number of nitrogens with zero attached hydrogens (tertiary/aromatic N) is 12. The number of furan rings is 4. The van der Waals surface area contributed by atoms with Crippen LogP contribution in [-0.4, -0.2) is 85.7 Å². The third-order valence-corrected chi connectivity index (χ3v) is 21.7. The molecule has 4 aromatic carbocycles. The second-order valence-electron chi connectivity index (χ2n) is 28.7. The van der Waals surface area contributed by atoms with Gasteiger partial charge in [-0.3, -0.25) is 57.9 Å². The molecule has 2 amide bonds. The number of anilines is 2. The zero-order chi connectivity index (χ0) is 73.5. The van der Waals surface area contributed by atoms with E-state index < -0.39 is 0 Å². The van der Waals surface area contributed by atoms with Gasteiger partial charge in [-0.15, -0.1) is 0 Å². The molecule has 8 aromatic heterocycles. The highest BCUT2D eigenvalue weighted by Crippen LogP contribution is 2.36. The van der Waals surface area contributed by atoms with Crippen molar-refractivity contribution >= 4 is 58.0 Å². The van der Waals surface area contributed by atoms with Gasteiger partial charge in [0, 0.05) is 120 Å². The SMILES string of the molecule is Cn1cc2c(n1)CC[C@@H](C(=O)Oc1ccc3c(c1)C(c1ccoc1)=NC3)C2.Cn1cc2c(n1)CC[C@H](C(=O)Oc1ccc3c(c1)C(c1ccoc1)=NC3)C2.Cn1ncc2c1CC[C@@H](C(=O)Nc1ccc3c(c1)C(c1ccoc1)=NC3)C2.Cn1ncc2c1CC[C@H](C(=O)Nc1ccc3c(c1)C(c1ccoc1)=NC3)C2. The number of hydrogen-bond acceptors (Lipinski definition) is 18. The van der Waals surface area contributed by atoms with E-state index in [0.717, 1.165) is 177 Å². The lowest BCUT2D eigenvalue weighted by molar-refractivity contribution is -0.140. The van der Waals surface area contributed by atoms with E-state index in [-0.39, 0.29) is 47.4 Å². The molecule has 24 nitrogen and oxygen atoms in total. The van der Waals surface area contributed by atoms with Crippen molar-refractivity contribution in [3.05, 3.63) is 284 Å². The first-order chi connectivity index (χ1) is 52.7. The van der Waals surface area contributed by atoms with Crippen LogP contribution in [0, 0.1) is 23.7 Å². The van der Waals surface area contributed by atoms with Crippen LogP contribution >= 0.6 is 0 Å². The van der Waals surface area contributed by atoms with Gasteiger partial charge in [0.15, 0.2) is 0 Å². The first-order valence-electron chi connectivity index (χ1n) is 36.6. The van der Waals surface area contributed by atoms with Gasteiger partial charge in [-0.25, -0.2) is 0 Å². The minimum atomic E-state index is -0.177. The number of benzene rings is 4. The molecule has 0 saturated heterocycles. The van der Waals surface area contributed by atoms with Crippen LogP contribution in [0.1, 0.15) is 137 Å². The van der Waals surface area contributed by atoms with Gasteiger partial charge in [0.2, 0.25) is 11.8 Å². The number of hydrogen-bond donors (Lipinski definition) is 2. The Morgan fingerprint density at radius 2 is 0.741 bits per heavy atom. The number of amides is 2. The molecule has 0 bridgehead atoms. The maximum Gasteiger partial charge on any atom is 0.314 e. The summed E-state index contributed by atoms with van der Waals surface area (Å²) < 4.78 is 39.6. The van der Waals surface area contributed by atoms with Crippen LogP contribution in [0.4, 0.5) is 11.4 Å². The Labute approximate surface area is 621 Å².